The summed E-state index contributed by atoms with van der Waals surface area (Å²) < 4.78 is 29.6. The zero-order valence-corrected chi connectivity index (χ0v) is 11.9. The summed E-state index contributed by atoms with van der Waals surface area (Å²) in [5.41, 5.74) is 1.39. The van der Waals surface area contributed by atoms with E-state index in [1.807, 2.05) is 6.07 Å². The fraction of sp³-hybridized carbons (Fsp3) is 0.167. The Morgan fingerprint density at radius 3 is 2.84 bits per heavy atom. The highest BCUT2D eigenvalue weighted by atomic mass is 79.9. The molecule has 102 valence electrons. The second-order valence-corrected chi connectivity index (χ2v) is 5.01. The molecule has 0 unspecified atom stereocenters. The largest absolute Gasteiger partial charge is 0.431 e. The van der Waals surface area contributed by atoms with Gasteiger partial charge in [-0.05, 0) is 39.7 Å². The van der Waals surface area contributed by atoms with Gasteiger partial charge in [0.25, 0.3) is 0 Å². The molecule has 0 bridgehead atoms. The Balaban J connectivity index is 2.21. The lowest BCUT2D eigenvalue weighted by atomic mass is 10.2. The number of anilines is 1. The molecule has 0 radical (unpaired) electrons. The second-order valence-electron chi connectivity index (χ2n) is 3.72. The molecule has 2 aromatic rings. The lowest BCUT2D eigenvalue weighted by molar-refractivity contribution is -0.0498. The first-order valence-corrected chi connectivity index (χ1v) is 6.53. The van der Waals surface area contributed by atoms with Gasteiger partial charge in [-0.1, -0.05) is 11.6 Å². The third-order valence-corrected chi connectivity index (χ3v) is 3.17. The Morgan fingerprint density at radius 2 is 2.21 bits per heavy atom. The molecule has 1 aromatic heterocycles. The van der Waals surface area contributed by atoms with E-state index in [1.54, 1.807) is 12.4 Å². The third kappa shape index (κ3) is 3.84. The van der Waals surface area contributed by atoms with E-state index in [9.17, 15) is 8.78 Å². The summed E-state index contributed by atoms with van der Waals surface area (Å²) in [5.74, 6) is 0.0370. The van der Waals surface area contributed by atoms with Crippen LogP contribution in [0.1, 0.15) is 5.56 Å². The van der Waals surface area contributed by atoms with Crippen LogP contribution in [0.25, 0.3) is 0 Å². The average Bonchev–Trinajstić information content (AvgIpc) is 2.83. The van der Waals surface area contributed by atoms with E-state index in [-0.39, 0.29) is 5.75 Å². The molecule has 0 amide bonds. The van der Waals surface area contributed by atoms with Gasteiger partial charge in [0.1, 0.15) is 0 Å². The lowest BCUT2D eigenvalue weighted by Crippen LogP contribution is -2.07. The molecular formula is C12H10BrClF2N2O. The van der Waals surface area contributed by atoms with Crippen LogP contribution < -0.4 is 10.1 Å². The first-order chi connectivity index (χ1) is 9.06. The van der Waals surface area contributed by atoms with E-state index in [1.165, 1.54) is 12.1 Å². The van der Waals surface area contributed by atoms with Gasteiger partial charge < -0.3 is 15.0 Å². The highest BCUT2D eigenvalue weighted by molar-refractivity contribution is 9.10. The first-order valence-electron chi connectivity index (χ1n) is 5.35. The van der Waals surface area contributed by atoms with Crippen LogP contribution in [-0.4, -0.2) is 11.6 Å². The van der Waals surface area contributed by atoms with Crippen molar-refractivity contribution in [1.82, 2.24) is 4.98 Å². The van der Waals surface area contributed by atoms with Crippen LogP contribution in [-0.2, 0) is 6.54 Å². The molecule has 0 aliphatic heterocycles. The van der Waals surface area contributed by atoms with Crippen molar-refractivity contribution in [3.63, 3.8) is 0 Å². The molecule has 0 fully saturated rings. The molecular weight excluding hydrogens is 341 g/mol. The van der Waals surface area contributed by atoms with E-state index >= 15 is 0 Å². The van der Waals surface area contributed by atoms with Crippen molar-refractivity contribution in [2.75, 3.05) is 5.32 Å². The van der Waals surface area contributed by atoms with Gasteiger partial charge in [-0.25, -0.2) is 0 Å². The number of H-pyrrole nitrogens is 1. The van der Waals surface area contributed by atoms with E-state index in [0.29, 0.717) is 21.7 Å². The van der Waals surface area contributed by atoms with Crippen molar-refractivity contribution in [2.45, 2.75) is 13.2 Å². The van der Waals surface area contributed by atoms with Crippen molar-refractivity contribution in [1.29, 1.82) is 0 Å². The average molecular weight is 352 g/mol. The summed E-state index contributed by atoms with van der Waals surface area (Å²) in [5, 5.41) is 3.43. The molecule has 3 nitrogen and oxygen atoms in total. The number of aromatic nitrogens is 1. The van der Waals surface area contributed by atoms with Crippen LogP contribution in [0.2, 0.25) is 5.02 Å². The number of hydrogen-bond donors (Lipinski definition) is 2. The van der Waals surface area contributed by atoms with Crippen molar-refractivity contribution >= 4 is 33.2 Å². The van der Waals surface area contributed by atoms with Gasteiger partial charge in [-0.15, -0.1) is 0 Å². The van der Waals surface area contributed by atoms with E-state index in [0.717, 1.165) is 5.56 Å². The van der Waals surface area contributed by atoms with Crippen molar-refractivity contribution < 1.29 is 13.5 Å². The lowest BCUT2D eigenvalue weighted by Gasteiger charge is -2.14. The molecule has 2 rings (SSSR count). The number of rotatable bonds is 5. The van der Waals surface area contributed by atoms with E-state index in [4.69, 9.17) is 11.6 Å². The minimum absolute atomic E-state index is 0.0370. The second kappa shape index (κ2) is 6.25. The topological polar surface area (TPSA) is 37.0 Å². The quantitative estimate of drug-likeness (QED) is 0.823. The van der Waals surface area contributed by atoms with E-state index in [2.05, 4.69) is 31.0 Å². The number of aromatic amines is 1. The van der Waals surface area contributed by atoms with Crippen LogP contribution in [0, 0.1) is 0 Å². The Bertz CT molecular complexity index is 549. The standard InChI is InChI=1S/C12H10BrClF2N2O/c13-9-3-8(14)4-10(11(9)19-12(15)16)18-6-7-1-2-17-5-7/h1-5,12,17-18H,6H2. The summed E-state index contributed by atoms with van der Waals surface area (Å²) in [6.07, 6.45) is 3.59. The maximum atomic E-state index is 12.4. The minimum atomic E-state index is -2.90. The van der Waals surface area contributed by atoms with Crippen molar-refractivity contribution in [3.8, 4) is 5.75 Å². The maximum absolute atomic E-state index is 12.4. The number of hydrogen-bond acceptors (Lipinski definition) is 2. The van der Waals surface area contributed by atoms with Gasteiger partial charge in [0, 0.05) is 24.0 Å². The van der Waals surface area contributed by atoms with Crippen LogP contribution in [0.5, 0.6) is 5.75 Å². The van der Waals surface area contributed by atoms with Gasteiger partial charge in [0.15, 0.2) is 5.75 Å². The van der Waals surface area contributed by atoms with Crippen LogP contribution in [0.3, 0.4) is 0 Å². The van der Waals surface area contributed by atoms with Crippen molar-refractivity contribution in [2.24, 2.45) is 0 Å². The molecule has 0 saturated carbocycles. The number of alkyl halides is 2. The summed E-state index contributed by atoms with van der Waals surface area (Å²) >= 11 is 9.06. The smallest absolute Gasteiger partial charge is 0.387 e. The highest BCUT2D eigenvalue weighted by Crippen LogP contribution is 2.37. The zero-order valence-electron chi connectivity index (χ0n) is 9.59. The molecule has 0 aliphatic carbocycles. The predicted molar refractivity (Wildman–Crippen MR) is 73.9 cm³/mol. The number of halogens is 4. The molecule has 7 heteroatoms. The SMILES string of the molecule is FC(F)Oc1c(Br)cc(Cl)cc1NCc1cc[nH]c1. The van der Waals surface area contributed by atoms with Gasteiger partial charge in [-0.2, -0.15) is 8.78 Å². The molecule has 1 heterocycles. The minimum Gasteiger partial charge on any atom is -0.431 e. The summed E-state index contributed by atoms with van der Waals surface area (Å²) in [6.45, 7) is -2.43. The predicted octanol–water partition coefficient (Wildman–Crippen LogP) is 4.64. The van der Waals surface area contributed by atoms with Gasteiger partial charge >= 0.3 is 6.61 Å². The number of ether oxygens (including phenoxy) is 1. The number of benzene rings is 1. The van der Waals surface area contributed by atoms with Gasteiger partial charge in [0.2, 0.25) is 0 Å². The fourth-order valence-corrected chi connectivity index (χ4v) is 2.47. The normalized spacial score (nSPS) is 10.8. The molecule has 0 saturated heterocycles. The summed E-state index contributed by atoms with van der Waals surface area (Å²) in [4.78, 5) is 2.91. The molecule has 0 spiro atoms. The Morgan fingerprint density at radius 1 is 1.42 bits per heavy atom. The monoisotopic (exact) mass is 350 g/mol. The molecule has 1 aromatic carbocycles. The third-order valence-electron chi connectivity index (χ3n) is 2.36. The molecule has 19 heavy (non-hydrogen) atoms. The first kappa shape index (κ1) is 14.1. The van der Waals surface area contributed by atoms with Gasteiger partial charge in [0.05, 0.1) is 10.2 Å². The van der Waals surface area contributed by atoms with Gasteiger partial charge in [-0.3, -0.25) is 0 Å². The Labute approximate surface area is 122 Å². The highest BCUT2D eigenvalue weighted by Gasteiger charge is 2.14. The van der Waals surface area contributed by atoms with Crippen LogP contribution >= 0.6 is 27.5 Å². The van der Waals surface area contributed by atoms with Crippen LogP contribution in [0.15, 0.2) is 35.1 Å². The molecule has 2 N–H and O–H groups in total. The fourth-order valence-electron chi connectivity index (χ4n) is 1.57. The Kier molecular flexibility index (Phi) is 4.66. The van der Waals surface area contributed by atoms with Crippen LogP contribution in [0.4, 0.5) is 14.5 Å². The zero-order chi connectivity index (χ0) is 13.8. The van der Waals surface area contributed by atoms with Crippen molar-refractivity contribution in [3.05, 3.63) is 45.7 Å². The Hall–Kier alpha value is -1.27. The summed E-state index contributed by atoms with van der Waals surface area (Å²) in [6, 6.07) is 4.91. The molecule has 0 atom stereocenters. The van der Waals surface area contributed by atoms with E-state index < -0.39 is 6.61 Å². The number of nitrogens with one attached hydrogen (secondary N) is 2. The molecule has 0 aliphatic rings. The maximum Gasteiger partial charge on any atom is 0.387 e. The summed E-state index contributed by atoms with van der Waals surface area (Å²) in [7, 11) is 0.